The molecule has 0 spiro atoms. The molecule has 0 aromatic heterocycles. The molecule has 0 aromatic rings. The lowest BCUT2D eigenvalue weighted by Gasteiger charge is -1.74. The summed E-state index contributed by atoms with van der Waals surface area (Å²) < 4.78 is 0. The van der Waals surface area contributed by atoms with Gasteiger partial charge in [0.1, 0.15) is 0 Å². The summed E-state index contributed by atoms with van der Waals surface area (Å²) in [6.45, 7) is 1.97. The molecule has 0 unspecified atom stereocenters. The molecule has 0 saturated carbocycles. The molecule has 0 N–H and O–H groups in total. The van der Waals surface area contributed by atoms with E-state index >= 15 is 0 Å². The van der Waals surface area contributed by atoms with Crippen molar-refractivity contribution in [3.8, 4) is 0 Å². The van der Waals surface area contributed by atoms with Crippen LogP contribution < -0.4 is 0 Å². The van der Waals surface area contributed by atoms with Crippen LogP contribution >= 0.6 is 11.6 Å². The zero-order valence-corrected chi connectivity index (χ0v) is 4.94. The topological polar surface area (TPSA) is 36.4 Å². The molecule has 0 aliphatic carbocycles. The molecule has 40 valence electrons. The van der Waals surface area contributed by atoms with Gasteiger partial charge in [-0.1, -0.05) is 6.92 Å². The standard InChI is InChI=1S/C4H7ClN2/c1-2-3-4(5)7-6/h2-3H2,1H3. The van der Waals surface area contributed by atoms with Gasteiger partial charge in [-0.15, -0.1) is 0 Å². The number of halogens is 1. The van der Waals surface area contributed by atoms with Gasteiger partial charge in [0.2, 0.25) is 0 Å². The largest absolute Gasteiger partial charge is 0.360 e. The van der Waals surface area contributed by atoms with Crippen molar-refractivity contribution >= 4 is 16.8 Å². The summed E-state index contributed by atoms with van der Waals surface area (Å²) in [6.07, 6.45) is 1.58. The summed E-state index contributed by atoms with van der Waals surface area (Å²) in [5.74, 6) is 0. The summed E-state index contributed by atoms with van der Waals surface area (Å²) in [5, 5.41) is 0.280. The summed E-state index contributed by atoms with van der Waals surface area (Å²) in [6, 6.07) is 0. The van der Waals surface area contributed by atoms with Crippen LogP contribution in [0.1, 0.15) is 19.8 Å². The van der Waals surface area contributed by atoms with E-state index in [0.717, 1.165) is 6.42 Å². The summed E-state index contributed by atoms with van der Waals surface area (Å²) in [5.41, 5.74) is 7.92. The van der Waals surface area contributed by atoms with E-state index in [1.165, 1.54) is 0 Å². The van der Waals surface area contributed by atoms with Gasteiger partial charge >= 0.3 is 5.17 Å². The first-order chi connectivity index (χ1) is 3.31. The Morgan fingerprint density at radius 1 is 1.86 bits per heavy atom. The van der Waals surface area contributed by atoms with Crippen molar-refractivity contribution in [3.05, 3.63) is 5.53 Å². The van der Waals surface area contributed by atoms with Crippen molar-refractivity contribution in [1.82, 2.24) is 0 Å². The molecular weight excluding hydrogens is 112 g/mol. The second-order valence-electron chi connectivity index (χ2n) is 1.23. The Morgan fingerprint density at radius 2 is 2.43 bits per heavy atom. The predicted octanol–water partition coefficient (Wildman–Crippen LogP) is 1.65. The third-order valence-electron chi connectivity index (χ3n) is 0.565. The van der Waals surface area contributed by atoms with Crippen LogP contribution in [-0.4, -0.2) is 9.96 Å². The Labute approximate surface area is 47.7 Å². The van der Waals surface area contributed by atoms with Crippen LogP contribution in [0.3, 0.4) is 0 Å². The lowest BCUT2D eigenvalue weighted by molar-refractivity contribution is -0.00312. The van der Waals surface area contributed by atoms with Crippen LogP contribution in [0.4, 0.5) is 0 Å². The van der Waals surface area contributed by atoms with E-state index in [2.05, 4.69) is 4.79 Å². The van der Waals surface area contributed by atoms with Crippen LogP contribution in [0.5, 0.6) is 0 Å². The molecule has 2 nitrogen and oxygen atoms in total. The fourth-order valence-electron chi connectivity index (χ4n) is 0.256. The van der Waals surface area contributed by atoms with Crippen LogP contribution in [0.2, 0.25) is 0 Å². The Hall–Kier alpha value is -0.330. The van der Waals surface area contributed by atoms with Gasteiger partial charge in [-0.05, 0) is 6.42 Å². The molecule has 0 aliphatic rings. The molecular formula is C4H7ClN2. The molecule has 0 heterocycles. The minimum absolute atomic E-state index is 0.280. The summed E-state index contributed by atoms with van der Waals surface area (Å²) in [7, 11) is 0. The average molecular weight is 119 g/mol. The first kappa shape index (κ1) is 6.67. The molecule has 0 saturated heterocycles. The Kier molecular flexibility index (Phi) is 3.67. The van der Waals surface area contributed by atoms with Crippen molar-refractivity contribution in [2.24, 2.45) is 0 Å². The Morgan fingerprint density at radius 3 is 2.57 bits per heavy atom. The van der Waals surface area contributed by atoms with E-state index < -0.39 is 0 Å². The van der Waals surface area contributed by atoms with E-state index in [-0.39, 0.29) is 5.17 Å². The van der Waals surface area contributed by atoms with E-state index in [1.54, 1.807) is 0 Å². The SMILES string of the molecule is CCCC(Cl)=[N+]=[N-]. The molecule has 0 aromatic carbocycles. The van der Waals surface area contributed by atoms with Gasteiger partial charge in [-0.3, -0.25) is 0 Å². The van der Waals surface area contributed by atoms with E-state index in [0.29, 0.717) is 6.42 Å². The van der Waals surface area contributed by atoms with Gasteiger partial charge in [-0.2, -0.15) is 4.79 Å². The highest BCUT2D eigenvalue weighted by Gasteiger charge is 1.96. The highest BCUT2D eigenvalue weighted by atomic mass is 35.5. The summed E-state index contributed by atoms with van der Waals surface area (Å²) >= 11 is 5.27. The third-order valence-corrected chi connectivity index (χ3v) is 0.829. The highest BCUT2D eigenvalue weighted by Crippen LogP contribution is 1.90. The number of nitrogens with zero attached hydrogens (tertiary/aromatic N) is 2. The fourth-order valence-corrected chi connectivity index (χ4v) is 0.445. The van der Waals surface area contributed by atoms with Gasteiger partial charge in [0.05, 0.1) is 6.42 Å². The maximum atomic E-state index is 7.92. The van der Waals surface area contributed by atoms with E-state index in [4.69, 9.17) is 17.1 Å². The van der Waals surface area contributed by atoms with Crippen molar-refractivity contribution in [2.75, 3.05) is 0 Å². The van der Waals surface area contributed by atoms with Crippen molar-refractivity contribution in [3.63, 3.8) is 0 Å². The molecule has 0 atom stereocenters. The Balaban J connectivity index is 3.37. The second kappa shape index (κ2) is 3.85. The fraction of sp³-hybridized carbons (Fsp3) is 0.750. The molecule has 0 fully saturated rings. The number of rotatable bonds is 2. The summed E-state index contributed by atoms with van der Waals surface area (Å²) in [4.78, 5) is 2.76. The Bertz CT molecular complexity index is 93.9. The average Bonchev–Trinajstić information content (AvgIpc) is 1.68. The lowest BCUT2D eigenvalue weighted by atomic mass is 10.4. The van der Waals surface area contributed by atoms with Crippen molar-refractivity contribution < 1.29 is 4.79 Å². The predicted molar refractivity (Wildman–Crippen MR) is 29.4 cm³/mol. The van der Waals surface area contributed by atoms with Crippen LogP contribution in [-0.2, 0) is 0 Å². The van der Waals surface area contributed by atoms with Crippen LogP contribution in [0, 0.1) is 0 Å². The monoisotopic (exact) mass is 118 g/mol. The molecule has 0 aliphatic heterocycles. The van der Waals surface area contributed by atoms with Gasteiger partial charge in [0.25, 0.3) is 0 Å². The maximum Gasteiger partial charge on any atom is 0.359 e. The quantitative estimate of drug-likeness (QED) is 0.300. The molecule has 3 heteroatoms. The zero-order chi connectivity index (χ0) is 5.70. The minimum Gasteiger partial charge on any atom is -0.360 e. The molecule has 0 amide bonds. The van der Waals surface area contributed by atoms with Gasteiger partial charge in [0.15, 0.2) is 0 Å². The zero-order valence-electron chi connectivity index (χ0n) is 4.19. The first-order valence-electron chi connectivity index (χ1n) is 2.17. The maximum absolute atomic E-state index is 7.92. The van der Waals surface area contributed by atoms with Gasteiger partial charge in [-0.25, -0.2) is 0 Å². The number of hydrogen-bond acceptors (Lipinski definition) is 0. The third kappa shape index (κ3) is 3.50. The first-order valence-corrected chi connectivity index (χ1v) is 2.55. The molecule has 0 bridgehead atoms. The minimum atomic E-state index is 0.280. The van der Waals surface area contributed by atoms with Gasteiger partial charge < -0.3 is 5.53 Å². The smallest absolute Gasteiger partial charge is 0.359 e. The second-order valence-corrected chi connectivity index (χ2v) is 1.66. The highest BCUT2D eigenvalue weighted by molar-refractivity contribution is 6.63. The van der Waals surface area contributed by atoms with Gasteiger partial charge in [0, 0.05) is 11.6 Å². The normalized spacial score (nSPS) is 7.71. The van der Waals surface area contributed by atoms with Crippen LogP contribution in [0.15, 0.2) is 0 Å². The van der Waals surface area contributed by atoms with E-state index in [9.17, 15) is 0 Å². The molecule has 0 radical (unpaired) electrons. The van der Waals surface area contributed by atoms with Crippen molar-refractivity contribution in [2.45, 2.75) is 19.8 Å². The van der Waals surface area contributed by atoms with Crippen LogP contribution in [0.25, 0.3) is 5.53 Å². The molecule has 7 heavy (non-hydrogen) atoms. The molecule has 0 rings (SSSR count). The van der Waals surface area contributed by atoms with Crippen molar-refractivity contribution in [1.29, 1.82) is 0 Å². The lowest BCUT2D eigenvalue weighted by Crippen LogP contribution is -1.84. The number of hydrogen-bond donors (Lipinski definition) is 0. The van der Waals surface area contributed by atoms with E-state index in [1.807, 2.05) is 6.92 Å².